The molecule has 1 heterocycles. The molecule has 6 nitrogen and oxygen atoms in total. The molecule has 1 rings (SSSR count). The summed E-state index contributed by atoms with van der Waals surface area (Å²) in [6, 6.07) is 0. The van der Waals surface area contributed by atoms with Crippen LogP contribution >= 0.6 is 11.8 Å². The SMILES string of the molecule is CNC(=N)SC1C[C@@H](O)C[C@@H](CNCCO)O1. The van der Waals surface area contributed by atoms with Gasteiger partial charge in [0.2, 0.25) is 0 Å². The van der Waals surface area contributed by atoms with Gasteiger partial charge in [-0.25, -0.2) is 0 Å². The lowest BCUT2D eigenvalue weighted by molar-refractivity contribution is -0.0570. The third-order valence-corrected chi connectivity index (χ3v) is 3.49. The normalized spacial score (nSPS) is 29.0. The second-order valence-electron chi connectivity index (χ2n) is 3.94. The van der Waals surface area contributed by atoms with Gasteiger partial charge in [-0.3, -0.25) is 5.41 Å². The average molecular weight is 263 g/mol. The van der Waals surface area contributed by atoms with Crippen molar-refractivity contribution in [2.24, 2.45) is 0 Å². The van der Waals surface area contributed by atoms with Gasteiger partial charge >= 0.3 is 0 Å². The lowest BCUT2D eigenvalue weighted by Crippen LogP contribution is -2.41. The van der Waals surface area contributed by atoms with Crippen molar-refractivity contribution in [1.82, 2.24) is 10.6 Å². The molecule has 0 amide bonds. The summed E-state index contributed by atoms with van der Waals surface area (Å²) in [6.45, 7) is 1.24. The Morgan fingerprint density at radius 2 is 2.29 bits per heavy atom. The van der Waals surface area contributed by atoms with E-state index in [9.17, 15) is 5.11 Å². The van der Waals surface area contributed by atoms with Gasteiger partial charge in [0.05, 0.1) is 18.8 Å². The van der Waals surface area contributed by atoms with E-state index in [2.05, 4.69) is 10.6 Å². The van der Waals surface area contributed by atoms with Crippen LogP contribution in [0.3, 0.4) is 0 Å². The monoisotopic (exact) mass is 263 g/mol. The molecular weight excluding hydrogens is 242 g/mol. The van der Waals surface area contributed by atoms with Crippen LogP contribution in [0.5, 0.6) is 0 Å². The zero-order valence-corrected chi connectivity index (χ0v) is 10.8. The first-order valence-electron chi connectivity index (χ1n) is 5.73. The topological polar surface area (TPSA) is 97.6 Å². The Balaban J connectivity index is 2.33. The van der Waals surface area contributed by atoms with Crippen LogP contribution in [0.1, 0.15) is 12.8 Å². The third kappa shape index (κ3) is 5.69. The molecule has 0 aromatic heterocycles. The van der Waals surface area contributed by atoms with Crippen LogP contribution in [-0.4, -0.2) is 59.8 Å². The van der Waals surface area contributed by atoms with Crippen LogP contribution in [-0.2, 0) is 4.74 Å². The predicted octanol–water partition coefficient (Wildman–Crippen LogP) is -0.678. The van der Waals surface area contributed by atoms with Gasteiger partial charge < -0.3 is 25.6 Å². The molecule has 1 aliphatic rings. The maximum Gasteiger partial charge on any atom is 0.155 e. The highest BCUT2D eigenvalue weighted by molar-refractivity contribution is 8.14. The largest absolute Gasteiger partial charge is 0.395 e. The summed E-state index contributed by atoms with van der Waals surface area (Å²) in [7, 11) is 1.69. The van der Waals surface area contributed by atoms with Gasteiger partial charge in [-0.05, 0) is 0 Å². The molecule has 0 radical (unpaired) electrons. The first-order chi connectivity index (χ1) is 8.15. The number of aliphatic hydroxyl groups excluding tert-OH is 2. The lowest BCUT2D eigenvalue weighted by Gasteiger charge is -2.32. The number of amidine groups is 1. The van der Waals surface area contributed by atoms with Gasteiger partial charge in [-0.2, -0.15) is 0 Å². The molecule has 1 fully saturated rings. The Kier molecular flexibility index (Phi) is 6.83. The van der Waals surface area contributed by atoms with Crippen LogP contribution in [0.15, 0.2) is 0 Å². The van der Waals surface area contributed by atoms with Gasteiger partial charge in [0.1, 0.15) is 5.44 Å². The molecule has 0 aliphatic carbocycles. The minimum absolute atomic E-state index is 0.0625. The molecule has 100 valence electrons. The second kappa shape index (κ2) is 7.88. The fourth-order valence-corrected chi connectivity index (χ4v) is 2.60. The van der Waals surface area contributed by atoms with Crippen molar-refractivity contribution in [3.8, 4) is 0 Å². The highest BCUT2D eigenvalue weighted by Gasteiger charge is 2.29. The average Bonchev–Trinajstić information content (AvgIpc) is 2.28. The minimum Gasteiger partial charge on any atom is -0.395 e. The molecule has 0 aromatic rings. The molecular formula is C10H21N3O3S. The molecule has 17 heavy (non-hydrogen) atoms. The molecule has 5 N–H and O–H groups in total. The van der Waals surface area contributed by atoms with E-state index in [1.165, 1.54) is 11.8 Å². The first-order valence-corrected chi connectivity index (χ1v) is 6.61. The van der Waals surface area contributed by atoms with E-state index in [0.29, 0.717) is 31.1 Å². The molecule has 1 saturated heterocycles. The second-order valence-corrected chi connectivity index (χ2v) is 5.11. The standard InChI is InChI=1S/C10H21N3O3S/c1-12-10(11)17-9-5-7(15)4-8(16-9)6-13-2-3-14/h7-9,13-15H,2-6H2,1H3,(H2,11,12)/t7-,8-,9?/m0/s1. The van der Waals surface area contributed by atoms with Crippen molar-refractivity contribution in [2.75, 3.05) is 26.7 Å². The molecule has 0 saturated carbocycles. The number of ether oxygens (including phenoxy) is 1. The van der Waals surface area contributed by atoms with Crippen molar-refractivity contribution < 1.29 is 14.9 Å². The lowest BCUT2D eigenvalue weighted by atomic mass is 10.1. The number of rotatable bonds is 5. The Labute approximate surface area is 106 Å². The smallest absolute Gasteiger partial charge is 0.155 e. The van der Waals surface area contributed by atoms with Crippen molar-refractivity contribution in [3.05, 3.63) is 0 Å². The van der Waals surface area contributed by atoms with Crippen molar-refractivity contribution >= 4 is 16.9 Å². The number of nitrogens with one attached hydrogen (secondary N) is 3. The fourth-order valence-electron chi connectivity index (χ4n) is 1.69. The summed E-state index contributed by atoms with van der Waals surface area (Å²) in [5.74, 6) is 0. The quantitative estimate of drug-likeness (QED) is 0.256. The van der Waals surface area contributed by atoms with E-state index in [1.54, 1.807) is 7.05 Å². The summed E-state index contributed by atoms with van der Waals surface area (Å²) in [6.07, 6.45) is 0.701. The summed E-state index contributed by atoms with van der Waals surface area (Å²) in [4.78, 5) is 0. The fraction of sp³-hybridized carbons (Fsp3) is 0.900. The zero-order chi connectivity index (χ0) is 12.7. The molecule has 0 spiro atoms. The number of hydrogen-bond acceptors (Lipinski definition) is 6. The van der Waals surface area contributed by atoms with E-state index < -0.39 is 0 Å². The Bertz CT molecular complexity index is 243. The van der Waals surface area contributed by atoms with E-state index >= 15 is 0 Å². The summed E-state index contributed by atoms with van der Waals surface area (Å²) in [5.41, 5.74) is -0.181. The van der Waals surface area contributed by atoms with E-state index in [-0.39, 0.29) is 24.3 Å². The van der Waals surface area contributed by atoms with Crippen molar-refractivity contribution in [1.29, 1.82) is 5.41 Å². The summed E-state index contributed by atoms with van der Waals surface area (Å²) >= 11 is 1.28. The first kappa shape index (κ1) is 14.7. The van der Waals surface area contributed by atoms with Crippen LogP contribution in [0.4, 0.5) is 0 Å². The number of aliphatic hydroxyl groups is 2. The highest BCUT2D eigenvalue weighted by Crippen LogP contribution is 2.27. The predicted molar refractivity (Wildman–Crippen MR) is 68.2 cm³/mol. The van der Waals surface area contributed by atoms with Gasteiger partial charge in [0, 0.05) is 33.0 Å². The maximum absolute atomic E-state index is 9.73. The number of hydrogen-bond donors (Lipinski definition) is 5. The van der Waals surface area contributed by atoms with Gasteiger partial charge in [0.25, 0.3) is 0 Å². The Morgan fingerprint density at radius 3 is 2.94 bits per heavy atom. The third-order valence-electron chi connectivity index (χ3n) is 2.48. The highest BCUT2D eigenvalue weighted by atomic mass is 32.2. The van der Waals surface area contributed by atoms with Gasteiger partial charge in [-0.15, -0.1) is 0 Å². The Hall–Kier alpha value is -0.340. The molecule has 1 aliphatic heterocycles. The molecule has 1 unspecified atom stereocenters. The summed E-state index contributed by atoms with van der Waals surface area (Å²) < 4.78 is 5.75. The minimum atomic E-state index is -0.383. The molecule has 0 aromatic carbocycles. The maximum atomic E-state index is 9.73. The van der Waals surface area contributed by atoms with Crippen molar-refractivity contribution in [3.63, 3.8) is 0 Å². The van der Waals surface area contributed by atoms with Crippen LogP contribution in [0.2, 0.25) is 0 Å². The van der Waals surface area contributed by atoms with Gasteiger partial charge in [-0.1, -0.05) is 11.8 Å². The van der Waals surface area contributed by atoms with E-state index in [4.69, 9.17) is 15.3 Å². The molecule has 3 atom stereocenters. The molecule has 7 heteroatoms. The number of thioether (sulfide) groups is 1. The van der Waals surface area contributed by atoms with Crippen LogP contribution in [0.25, 0.3) is 0 Å². The van der Waals surface area contributed by atoms with Gasteiger partial charge in [0.15, 0.2) is 5.17 Å². The van der Waals surface area contributed by atoms with Crippen LogP contribution < -0.4 is 10.6 Å². The van der Waals surface area contributed by atoms with E-state index in [1.807, 2.05) is 0 Å². The summed E-state index contributed by atoms with van der Waals surface area (Å²) in [5, 5.41) is 32.0. The molecule has 0 bridgehead atoms. The van der Waals surface area contributed by atoms with Crippen molar-refractivity contribution in [2.45, 2.75) is 30.5 Å². The van der Waals surface area contributed by atoms with E-state index in [0.717, 1.165) is 0 Å². The van der Waals surface area contributed by atoms with Crippen LogP contribution in [0, 0.1) is 5.41 Å². The Morgan fingerprint density at radius 1 is 1.53 bits per heavy atom. The zero-order valence-electron chi connectivity index (χ0n) is 9.98.